The van der Waals surface area contributed by atoms with E-state index >= 15 is 0 Å². The van der Waals surface area contributed by atoms with Crippen LogP contribution in [0.4, 0.5) is 0 Å². The Labute approximate surface area is 184 Å². The molecule has 1 atom stereocenters. The number of carbonyl (C=O) groups is 1. The molecule has 0 fully saturated rings. The summed E-state index contributed by atoms with van der Waals surface area (Å²) < 4.78 is 13.1. The predicted octanol–water partition coefficient (Wildman–Crippen LogP) is 5.52. The number of benzene rings is 2. The van der Waals surface area contributed by atoms with Crippen molar-refractivity contribution >= 4 is 28.5 Å². The Bertz CT molecular complexity index is 1240. The Balaban J connectivity index is 1.66. The Hall–Kier alpha value is -3.32. The number of ether oxygens (including phenoxy) is 1. The van der Waals surface area contributed by atoms with Gasteiger partial charge in [0.2, 0.25) is 5.82 Å². The van der Waals surface area contributed by atoms with Gasteiger partial charge in [-0.2, -0.15) is 4.98 Å². The number of halogens is 1. The van der Waals surface area contributed by atoms with E-state index in [1.54, 1.807) is 19.1 Å². The minimum atomic E-state index is -0.831. The lowest BCUT2D eigenvalue weighted by molar-refractivity contribution is -0.141. The first kappa shape index (κ1) is 20.9. The molecule has 160 valence electrons. The van der Waals surface area contributed by atoms with Gasteiger partial charge in [-0.1, -0.05) is 29.7 Å². The van der Waals surface area contributed by atoms with Crippen LogP contribution in [0, 0.1) is 5.92 Å². The minimum Gasteiger partial charge on any atom is -0.489 e. The number of fused-ring (bicyclic) bond motifs is 1. The number of nitrogens with zero attached hydrogens (tertiary/aromatic N) is 3. The molecule has 0 aliphatic carbocycles. The molecule has 2 heterocycles. The SMILES string of the molecule is CC(C)Oc1ccc(-c2noc(-c3cccc4c3ccn4C[C@H](C)C(=O)O)n2)cc1Cl. The molecule has 4 aromatic rings. The van der Waals surface area contributed by atoms with Crippen molar-refractivity contribution in [3.05, 3.63) is 53.7 Å². The predicted molar refractivity (Wildman–Crippen MR) is 118 cm³/mol. The van der Waals surface area contributed by atoms with Crippen LogP contribution in [0.3, 0.4) is 0 Å². The van der Waals surface area contributed by atoms with Gasteiger partial charge in [0.05, 0.1) is 17.0 Å². The van der Waals surface area contributed by atoms with Crippen LogP contribution < -0.4 is 4.74 Å². The van der Waals surface area contributed by atoms with E-state index in [2.05, 4.69) is 10.1 Å². The maximum absolute atomic E-state index is 11.2. The molecule has 8 heteroatoms. The van der Waals surface area contributed by atoms with Crippen molar-refractivity contribution in [3.8, 4) is 28.6 Å². The Kier molecular flexibility index (Phi) is 5.69. The summed E-state index contributed by atoms with van der Waals surface area (Å²) in [4.78, 5) is 15.8. The fourth-order valence-corrected chi connectivity index (χ4v) is 3.61. The maximum atomic E-state index is 11.2. The molecule has 31 heavy (non-hydrogen) atoms. The van der Waals surface area contributed by atoms with Gasteiger partial charge in [0.25, 0.3) is 5.89 Å². The van der Waals surface area contributed by atoms with Gasteiger partial charge in [-0.25, -0.2) is 0 Å². The summed E-state index contributed by atoms with van der Waals surface area (Å²) in [7, 11) is 0. The van der Waals surface area contributed by atoms with E-state index in [-0.39, 0.29) is 6.10 Å². The highest BCUT2D eigenvalue weighted by atomic mass is 35.5. The summed E-state index contributed by atoms with van der Waals surface area (Å²) in [6.45, 7) is 5.93. The van der Waals surface area contributed by atoms with Gasteiger partial charge in [-0.15, -0.1) is 0 Å². The molecule has 0 spiro atoms. The highest BCUT2D eigenvalue weighted by Gasteiger charge is 2.18. The van der Waals surface area contributed by atoms with E-state index in [4.69, 9.17) is 20.9 Å². The summed E-state index contributed by atoms with van der Waals surface area (Å²) in [5, 5.41) is 14.7. The molecule has 4 rings (SSSR count). The molecule has 2 aromatic carbocycles. The standard InChI is InChI=1S/C23H22ClN3O4/c1-13(2)30-20-8-7-15(11-18(20)24)21-25-22(31-26-21)17-5-4-6-19-16(17)9-10-27(19)12-14(3)23(28)29/h4-11,13-14H,12H2,1-3H3,(H,28,29)/t14-/m0/s1. The first-order valence-electron chi connectivity index (χ1n) is 9.95. The highest BCUT2D eigenvalue weighted by Crippen LogP contribution is 2.33. The summed E-state index contributed by atoms with van der Waals surface area (Å²) in [5.41, 5.74) is 2.41. The zero-order chi connectivity index (χ0) is 22.1. The number of aromatic nitrogens is 3. The lowest BCUT2D eigenvalue weighted by Crippen LogP contribution is -2.16. The summed E-state index contributed by atoms with van der Waals surface area (Å²) in [6, 6.07) is 13.0. The number of hydrogen-bond donors (Lipinski definition) is 1. The van der Waals surface area contributed by atoms with Gasteiger partial charge in [-0.05, 0) is 50.2 Å². The topological polar surface area (TPSA) is 90.4 Å². The highest BCUT2D eigenvalue weighted by molar-refractivity contribution is 6.32. The Morgan fingerprint density at radius 1 is 1.23 bits per heavy atom. The molecule has 0 unspecified atom stereocenters. The third-order valence-corrected chi connectivity index (χ3v) is 5.21. The van der Waals surface area contributed by atoms with Crippen LogP contribution in [-0.2, 0) is 11.3 Å². The van der Waals surface area contributed by atoms with Gasteiger partial charge in [0, 0.05) is 34.8 Å². The smallest absolute Gasteiger partial charge is 0.308 e. The summed E-state index contributed by atoms with van der Waals surface area (Å²) in [6.07, 6.45) is 1.89. The van der Waals surface area contributed by atoms with Crippen LogP contribution in [0.25, 0.3) is 33.7 Å². The fraction of sp³-hybridized carbons (Fsp3) is 0.261. The molecule has 0 saturated carbocycles. The van der Waals surface area contributed by atoms with Crippen molar-refractivity contribution < 1.29 is 19.2 Å². The quantitative estimate of drug-likeness (QED) is 0.407. The first-order valence-corrected chi connectivity index (χ1v) is 10.3. The number of aliphatic carboxylic acids is 1. The first-order chi connectivity index (χ1) is 14.8. The van der Waals surface area contributed by atoms with E-state index in [1.165, 1.54) is 0 Å². The second-order valence-electron chi connectivity index (χ2n) is 7.68. The third kappa shape index (κ3) is 4.27. The molecular formula is C23H22ClN3O4. The van der Waals surface area contributed by atoms with Crippen LogP contribution in [0.15, 0.2) is 53.2 Å². The van der Waals surface area contributed by atoms with E-state index in [0.717, 1.165) is 22.0 Å². The van der Waals surface area contributed by atoms with E-state index < -0.39 is 11.9 Å². The lowest BCUT2D eigenvalue weighted by Gasteiger charge is -2.11. The summed E-state index contributed by atoms with van der Waals surface area (Å²) in [5.74, 6) is 0.0720. The molecule has 0 bridgehead atoms. The molecule has 0 aliphatic heterocycles. The van der Waals surface area contributed by atoms with Gasteiger partial charge in [-0.3, -0.25) is 4.79 Å². The van der Waals surface area contributed by atoms with Crippen LogP contribution in [0.2, 0.25) is 5.02 Å². The Morgan fingerprint density at radius 3 is 2.74 bits per heavy atom. The number of carboxylic acid groups (broad SMARTS) is 1. The van der Waals surface area contributed by atoms with E-state index in [0.29, 0.717) is 29.0 Å². The zero-order valence-electron chi connectivity index (χ0n) is 17.4. The molecule has 1 N–H and O–H groups in total. The molecule has 0 amide bonds. The van der Waals surface area contributed by atoms with Gasteiger partial charge in [0.1, 0.15) is 5.75 Å². The molecule has 7 nitrogen and oxygen atoms in total. The van der Waals surface area contributed by atoms with E-state index in [9.17, 15) is 9.90 Å². The molecule has 0 saturated heterocycles. The van der Waals surface area contributed by atoms with Crippen LogP contribution in [0.1, 0.15) is 20.8 Å². The average Bonchev–Trinajstić information content (AvgIpc) is 3.37. The lowest BCUT2D eigenvalue weighted by atomic mass is 10.1. The fourth-order valence-electron chi connectivity index (χ4n) is 3.38. The molecule has 0 radical (unpaired) electrons. The maximum Gasteiger partial charge on any atom is 0.308 e. The van der Waals surface area contributed by atoms with Crippen molar-refractivity contribution in [2.45, 2.75) is 33.4 Å². The number of rotatable bonds is 7. The minimum absolute atomic E-state index is 0.0198. The van der Waals surface area contributed by atoms with Crippen LogP contribution in [-0.4, -0.2) is 31.9 Å². The van der Waals surface area contributed by atoms with Crippen molar-refractivity contribution in [3.63, 3.8) is 0 Å². The van der Waals surface area contributed by atoms with Crippen LogP contribution >= 0.6 is 11.6 Å². The van der Waals surface area contributed by atoms with Crippen molar-refractivity contribution in [2.24, 2.45) is 5.92 Å². The average molecular weight is 440 g/mol. The monoisotopic (exact) mass is 439 g/mol. The molecule has 0 aliphatic rings. The van der Waals surface area contributed by atoms with Gasteiger partial charge < -0.3 is 18.9 Å². The second-order valence-corrected chi connectivity index (χ2v) is 8.09. The molecular weight excluding hydrogens is 418 g/mol. The second kappa shape index (κ2) is 8.43. The molecule has 2 aromatic heterocycles. The van der Waals surface area contributed by atoms with Gasteiger partial charge >= 0.3 is 5.97 Å². The van der Waals surface area contributed by atoms with Crippen molar-refractivity contribution in [1.29, 1.82) is 0 Å². The van der Waals surface area contributed by atoms with Crippen LogP contribution in [0.5, 0.6) is 5.75 Å². The number of carboxylic acids is 1. The van der Waals surface area contributed by atoms with Gasteiger partial charge in [0.15, 0.2) is 0 Å². The van der Waals surface area contributed by atoms with Crippen molar-refractivity contribution in [2.75, 3.05) is 0 Å². The Morgan fingerprint density at radius 2 is 2.03 bits per heavy atom. The van der Waals surface area contributed by atoms with E-state index in [1.807, 2.05) is 54.9 Å². The van der Waals surface area contributed by atoms with Crippen molar-refractivity contribution in [1.82, 2.24) is 14.7 Å². The normalized spacial score (nSPS) is 12.4. The zero-order valence-corrected chi connectivity index (χ0v) is 18.1. The summed E-state index contributed by atoms with van der Waals surface area (Å²) >= 11 is 6.34. The number of hydrogen-bond acceptors (Lipinski definition) is 5. The largest absolute Gasteiger partial charge is 0.489 e. The third-order valence-electron chi connectivity index (χ3n) is 4.91.